The van der Waals surface area contributed by atoms with Gasteiger partial charge in [0.2, 0.25) is 0 Å². The third kappa shape index (κ3) is 2.07. The van der Waals surface area contributed by atoms with Crippen LogP contribution < -0.4 is 0 Å². The van der Waals surface area contributed by atoms with Crippen molar-refractivity contribution >= 4 is 105 Å². The lowest BCUT2D eigenvalue weighted by molar-refractivity contribution is 0.669. The molecule has 98 valence electrons. The van der Waals surface area contributed by atoms with E-state index < -0.39 is 0 Å². The average molecular weight is 508 g/mol. The highest BCUT2D eigenvalue weighted by Gasteiger charge is 2.21. The second-order valence-corrected chi connectivity index (χ2v) is 7.34. The van der Waals surface area contributed by atoms with E-state index in [0.717, 1.165) is 24.2 Å². The van der Waals surface area contributed by atoms with Crippen LogP contribution in [0.2, 0.25) is 15.1 Å². The first-order chi connectivity index (χ1) is 8.93. The summed E-state index contributed by atoms with van der Waals surface area (Å²) >= 11 is 28.9. The minimum atomic E-state index is 0.380. The van der Waals surface area contributed by atoms with Crippen molar-refractivity contribution in [1.82, 2.24) is 0 Å². The normalized spacial score (nSPS) is 11.7. The van der Waals surface area contributed by atoms with Gasteiger partial charge in [-0.3, -0.25) is 0 Å². The molecule has 0 fully saturated rings. The lowest BCUT2D eigenvalue weighted by atomic mass is 10.1. The summed E-state index contributed by atoms with van der Waals surface area (Å²) in [4.78, 5) is 0. The minimum Gasteiger partial charge on any atom is -0.453 e. The van der Waals surface area contributed by atoms with Crippen LogP contribution >= 0.6 is 82.6 Å². The summed E-state index contributed by atoms with van der Waals surface area (Å²) in [6.07, 6.45) is 0. The highest BCUT2D eigenvalue weighted by atomic mass is 79.9. The minimum absolute atomic E-state index is 0.380. The third-order valence-electron chi connectivity index (χ3n) is 2.75. The first-order valence-electron chi connectivity index (χ1n) is 4.95. The summed E-state index contributed by atoms with van der Waals surface area (Å²) in [6, 6.07) is 3.59. The zero-order chi connectivity index (χ0) is 13.9. The maximum atomic E-state index is 6.30. The van der Waals surface area contributed by atoms with E-state index in [-0.39, 0.29) is 0 Å². The van der Waals surface area contributed by atoms with E-state index in [1.807, 2.05) is 6.07 Å². The Kier molecular flexibility index (Phi) is 3.87. The Morgan fingerprint density at radius 3 is 2.16 bits per heavy atom. The molecular formula is C12H2Br3Cl3O. The molecule has 0 bridgehead atoms. The molecule has 0 aliphatic carbocycles. The van der Waals surface area contributed by atoms with Gasteiger partial charge in [-0.25, -0.2) is 0 Å². The monoisotopic (exact) mass is 504 g/mol. The van der Waals surface area contributed by atoms with E-state index >= 15 is 0 Å². The van der Waals surface area contributed by atoms with Gasteiger partial charge < -0.3 is 4.42 Å². The molecule has 0 atom stereocenters. The molecule has 0 saturated carbocycles. The van der Waals surface area contributed by atoms with Crippen molar-refractivity contribution in [2.75, 3.05) is 0 Å². The maximum Gasteiger partial charge on any atom is 0.156 e. The molecule has 0 amide bonds. The van der Waals surface area contributed by atoms with Crippen LogP contribution in [-0.4, -0.2) is 0 Å². The molecule has 19 heavy (non-hydrogen) atoms. The predicted molar refractivity (Wildman–Crippen MR) is 91.9 cm³/mol. The predicted octanol–water partition coefficient (Wildman–Crippen LogP) is 7.83. The molecule has 0 saturated heterocycles. The molecule has 7 heteroatoms. The van der Waals surface area contributed by atoms with E-state index in [1.54, 1.807) is 6.07 Å². The van der Waals surface area contributed by atoms with Crippen molar-refractivity contribution in [2.24, 2.45) is 0 Å². The zero-order valence-electron chi connectivity index (χ0n) is 8.83. The van der Waals surface area contributed by atoms with Crippen LogP contribution in [0.25, 0.3) is 21.9 Å². The summed E-state index contributed by atoms with van der Waals surface area (Å²) in [5.41, 5.74) is 1.08. The van der Waals surface area contributed by atoms with Crippen molar-refractivity contribution < 1.29 is 4.42 Å². The smallest absolute Gasteiger partial charge is 0.156 e. The summed E-state index contributed by atoms with van der Waals surface area (Å²) in [5, 5.41) is 3.01. The average Bonchev–Trinajstić information content (AvgIpc) is 2.78. The van der Waals surface area contributed by atoms with Crippen LogP contribution in [-0.2, 0) is 0 Å². The number of fused-ring (bicyclic) bond motifs is 3. The third-order valence-corrected chi connectivity index (χ3v) is 7.57. The van der Waals surface area contributed by atoms with Gasteiger partial charge in [0.05, 0.1) is 14.5 Å². The molecule has 0 aliphatic heterocycles. The highest BCUT2D eigenvalue weighted by Crippen LogP contribution is 2.48. The summed E-state index contributed by atoms with van der Waals surface area (Å²) in [7, 11) is 0. The molecule has 1 aromatic heterocycles. The number of benzene rings is 2. The summed E-state index contributed by atoms with van der Waals surface area (Å²) in [5.74, 6) is 0. The lowest BCUT2D eigenvalue weighted by Crippen LogP contribution is -1.78. The van der Waals surface area contributed by atoms with Gasteiger partial charge in [-0.15, -0.1) is 0 Å². The summed E-state index contributed by atoms with van der Waals surface area (Å²) < 4.78 is 8.16. The molecule has 3 aromatic rings. The standard InChI is InChI=1S/C12H2Br3Cl3O/c13-6-5-3-1-2-4(16)9(17)11(3)19-12(5)10(18)8(15)7(6)14/h1-2H. The molecule has 3 rings (SSSR count). The quantitative estimate of drug-likeness (QED) is 0.223. The Bertz CT molecular complexity index is 842. The Balaban J connectivity index is 2.66. The Morgan fingerprint density at radius 2 is 1.47 bits per heavy atom. The first-order valence-corrected chi connectivity index (χ1v) is 8.47. The molecule has 0 unspecified atom stereocenters. The fraction of sp³-hybridized carbons (Fsp3) is 0. The van der Waals surface area contributed by atoms with Crippen LogP contribution in [0, 0.1) is 0 Å². The fourth-order valence-electron chi connectivity index (χ4n) is 1.88. The van der Waals surface area contributed by atoms with Gasteiger partial charge in [0.1, 0.15) is 5.02 Å². The molecular weight excluding hydrogens is 506 g/mol. The number of rotatable bonds is 0. The largest absolute Gasteiger partial charge is 0.453 e. The zero-order valence-corrected chi connectivity index (χ0v) is 15.9. The molecule has 1 nitrogen and oxygen atoms in total. The van der Waals surface area contributed by atoms with E-state index in [9.17, 15) is 0 Å². The van der Waals surface area contributed by atoms with Gasteiger partial charge in [0.15, 0.2) is 11.2 Å². The number of furan rings is 1. The maximum absolute atomic E-state index is 6.30. The van der Waals surface area contributed by atoms with E-state index in [1.165, 1.54) is 0 Å². The Labute approximate surface area is 148 Å². The van der Waals surface area contributed by atoms with Gasteiger partial charge in [-0.1, -0.05) is 34.8 Å². The van der Waals surface area contributed by atoms with Crippen LogP contribution in [0.15, 0.2) is 30.0 Å². The molecule has 0 N–H and O–H groups in total. The van der Waals surface area contributed by atoms with Crippen molar-refractivity contribution in [3.63, 3.8) is 0 Å². The topological polar surface area (TPSA) is 13.1 Å². The van der Waals surface area contributed by atoms with Gasteiger partial charge in [0.25, 0.3) is 0 Å². The Hall–Kier alpha value is 0.550. The van der Waals surface area contributed by atoms with Crippen molar-refractivity contribution in [3.8, 4) is 0 Å². The van der Waals surface area contributed by atoms with Crippen LogP contribution in [0.1, 0.15) is 0 Å². The second kappa shape index (κ2) is 5.08. The van der Waals surface area contributed by atoms with Gasteiger partial charge >= 0.3 is 0 Å². The number of hydrogen-bond donors (Lipinski definition) is 0. The first kappa shape index (κ1) is 14.5. The van der Waals surface area contributed by atoms with Crippen molar-refractivity contribution in [3.05, 3.63) is 40.6 Å². The second-order valence-electron chi connectivity index (χ2n) is 3.80. The van der Waals surface area contributed by atoms with E-state index in [4.69, 9.17) is 39.2 Å². The summed E-state index contributed by atoms with van der Waals surface area (Å²) in [6.45, 7) is 0. The highest BCUT2D eigenvalue weighted by molar-refractivity contribution is 9.14. The molecule has 0 aliphatic rings. The Morgan fingerprint density at radius 1 is 0.789 bits per heavy atom. The molecule has 2 aromatic carbocycles. The number of halogens is 6. The van der Waals surface area contributed by atoms with Crippen LogP contribution in [0.4, 0.5) is 0 Å². The molecule has 0 spiro atoms. The van der Waals surface area contributed by atoms with Gasteiger partial charge in [0, 0.05) is 19.7 Å². The van der Waals surface area contributed by atoms with Crippen molar-refractivity contribution in [1.29, 1.82) is 0 Å². The van der Waals surface area contributed by atoms with E-state index in [2.05, 4.69) is 47.8 Å². The van der Waals surface area contributed by atoms with Crippen LogP contribution in [0.3, 0.4) is 0 Å². The van der Waals surface area contributed by atoms with E-state index in [0.29, 0.717) is 26.2 Å². The van der Waals surface area contributed by atoms with Gasteiger partial charge in [-0.05, 0) is 59.9 Å². The SMILES string of the molecule is Clc1ccc2c(oc3c(Cl)c(Br)c(Br)c(Br)c32)c1Cl. The lowest BCUT2D eigenvalue weighted by Gasteiger charge is -2.04. The van der Waals surface area contributed by atoms with Crippen molar-refractivity contribution in [2.45, 2.75) is 0 Å². The number of hydrogen-bond acceptors (Lipinski definition) is 1. The van der Waals surface area contributed by atoms with Gasteiger partial charge in [-0.2, -0.15) is 0 Å². The van der Waals surface area contributed by atoms with Crippen LogP contribution in [0.5, 0.6) is 0 Å². The fourth-order valence-corrected chi connectivity index (χ4v) is 4.21. The molecule has 1 heterocycles. The molecule has 0 radical (unpaired) electrons.